The fourth-order valence-corrected chi connectivity index (χ4v) is 1.47. The third-order valence-corrected chi connectivity index (χ3v) is 2.10. The standard InChI is InChI=1S/C12H16N2/c1-11(8-13)9-14(2)10-12-6-4-3-5-7-12/h3-7,11H,9-10H2,1-2H3. The summed E-state index contributed by atoms with van der Waals surface area (Å²) in [6, 6.07) is 12.5. The Balaban J connectivity index is 2.42. The summed E-state index contributed by atoms with van der Waals surface area (Å²) < 4.78 is 0. The molecule has 0 aliphatic carbocycles. The summed E-state index contributed by atoms with van der Waals surface area (Å²) in [6.07, 6.45) is 0. The molecule has 0 heterocycles. The summed E-state index contributed by atoms with van der Waals surface area (Å²) in [6.45, 7) is 3.68. The van der Waals surface area contributed by atoms with Crippen LogP contribution in [0.1, 0.15) is 12.5 Å². The monoisotopic (exact) mass is 188 g/mol. The molecule has 2 heteroatoms. The van der Waals surface area contributed by atoms with Gasteiger partial charge in [-0.25, -0.2) is 0 Å². The minimum Gasteiger partial charge on any atom is -0.301 e. The first kappa shape index (κ1) is 10.7. The molecule has 1 aromatic rings. The number of nitrogens with zero attached hydrogens (tertiary/aromatic N) is 2. The van der Waals surface area contributed by atoms with Crippen LogP contribution >= 0.6 is 0 Å². The molecule has 0 aliphatic heterocycles. The Morgan fingerprint density at radius 3 is 2.57 bits per heavy atom. The van der Waals surface area contributed by atoms with E-state index in [0.29, 0.717) is 0 Å². The van der Waals surface area contributed by atoms with Gasteiger partial charge in [-0.1, -0.05) is 30.3 Å². The van der Waals surface area contributed by atoms with E-state index in [2.05, 4.69) is 23.1 Å². The Morgan fingerprint density at radius 1 is 1.36 bits per heavy atom. The largest absolute Gasteiger partial charge is 0.301 e. The number of rotatable bonds is 4. The summed E-state index contributed by atoms with van der Waals surface area (Å²) >= 11 is 0. The second-order valence-electron chi connectivity index (χ2n) is 3.71. The summed E-state index contributed by atoms with van der Waals surface area (Å²) in [5.74, 6) is 0.101. The molecule has 0 aliphatic rings. The highest BCUT2D eigenvalue weighted by Crippen LogP contribution is 2.04. The van der Waals surface area contributed by atoms with Gasteiger partial charge in [-0.15, -0.1) is 0 Å². The maximum atomic E-state index is 8.67. The number of nitriles is 1. The molecular formula is C12H16N2. The third kappa shape index (κ3) is 3.59. The molecule has 0 spiro atoms. The third-order valence-electron chi connectivity index (χ3n) is 2.10. The van der Waals surface area contributed by atoms with Crippen LogP contribution in [-0.2, 0) is 6.54 Å². The van der Waals surface area contributed by atoms with E-state index in [9.17, 15) is 0 Å². The minimum absolute atomic E-state index is 0.101. The van der Waals surface area contributed by atoms with Crippen LogP contribution in [0.25, 0.3) is 0 Å². The molecule has 0 fully saturated rings. The Kier molecular flexibility index (Phi) is 4.15. The predicted molar refractivity (Wildman–Crippen MR) is 57.6 cm³/mol. The minimum atomic E-state index is 0.101. The lowest BCUT2D eigenvalue weighted by atomic mass is 10.1. The van der Waals surface area contributed by atoms with Crippen molar-refractivity contribution in [3.63, 3.8) is 0 Å². The van der Waals surface area contributed by atoms with Crippen LogP contribution in [0.3, 0.4) is 0 Å². The highest BCUT2D eigenvalue weighted by atomic mass is 15.1. The van der Waals surface area contributed by atoms with Gasteiger partial charge in [-0.2, -0.15) is 5.26 Å². The normalized spacial score (nSPS) is 12.4. The Hall–Kier alpha value is -1.33. The molecule has 74 valence electrons. The highest BCUT2D eigenvalue weighted by Gasteiger charge is 2.04. The van der Waals surface area contributed by atoms with Crippen molar-refractivity contribution >= 4 is 0 Å². The van der Waals surface area contributed by atoms with Crippen molar-refractivity contribution in [1.82, 2.24) is 4.90 Å². The van der Waals surface area contributed by atoms with Crippen LogP contribution in [0.5, 0.6) is 0 Å². The molecule has 0 saturated heterocycles. The van der Waals surface area contributed by atoms with Crippen LogP contribution in [0.4, 0.5) is 0 Å². The molecule has 0 amide bonds. The van der Waals surface area contributed by atoms with Gasteiger partial charge in [0.1, 0.15) is 0 Å². The molecular weight excluding hydrogens is 172 g/mol. The topological polar surface area (TPSA) is 27.0 Å². The van der Waals surface area contributed by atoms with E-state index in [4.69, 9.17) is 5.26 Å². The van der Waals surface area contributed by atoms with E-state index >= 15 is 0 Å². The lowest BCUT2D eigenvalue weighted by Gasteiger charge is -2.17. The first-order valence-corrected chi connectivity index (χ1v) is 4.84. The van der Waals surface area contributed by atoms with Gasteiger partial charge >= 0.3 is 0 Å². The van der Waals surface area contributed by atoms with Gasteiger partial charge < -0.3 is 4.90 Å². The first-order chi connectivity index (χ1) is 6.72. The molecule has 0 saturated carbocycles. The van der Waals surface area contributed by atoms with Gasteiger partial charge in [-0.05, 0) is 19.5 Å². The van der Waals surface area contributed by atoms with E-state index in [-0.39, 0.29) is 5.92 Å². The van der Waals surface area contributed by atoms with Crippen molar-refractivity contribution in [2.24, 2.45) is 5.92 Å². The second-order valence-corrected chi connectivity index (χ2v) is 3.71. The van der Waals surface area contributed by atoms with Crippen LogP contribution in [0.2, 0.25) is 0 Å². The molecule has 2 nitrogen and oxygen atoms in total. The summed E-state index contributed by atoms with van der Waals surface area (Å²) in [7, 11) is 2.04. The zero-order chi connectivity index (χ0) is 10.4. The SMILES string of the molecule is CC(C#N)CN(C)Cc1ccccc1. The maximum Gasteiger partial charge on any atom is 0.0666 e. The van der Waals surface area contributed by atoms with Gasteiger partial charge in [0.05, 0.1) is 12.0 Å². The quantitative estimate of drug-likeness (QED) is 0.724. The summed E-state index contributed by atoms with van der Waals surface area (Å²) in [5.41, 5.74) is 1.29. The lowest BCUT2D eigenvalue weighted by Crippen LogP contribution is -2.23. The first-order valence-electron chi connectivity index (χ1n) is 4.84. The number of hydrogen-bond donors (Lipinski definition) is 0. The van der Waals surface area contributed by atoms with Gasteiger partial charge in [-0.3, -0.25) is 0 Å². The average Bonchev–Trinajstić information content (AvgIpc) is 2.19. The van der Waals surface area contributed by atoms with E-state index in [1.54, 1.807) is 0 Å². The van der Waals surface area contributed by atoms with Gasteiger partial charge in [0.15, 0.2) is 0 Å². The average molecular weight is 188 g/mol. The zero-order valence-electron chi connectivity index (χ0n) is 8.77. The molecule has 0 bridgehead atoms. The molecule has 0 N–H and O–H groups in total. The van der Waals surface area contributed by atoms with Crippen LogP contribution in [-0.4, -0.2) is 18.5 Å². The Bertz CT molecular complexity index is 300. The Labute approximate surface area is 85.8 Å². The lowest BCUT2D eigenvalue weighted by molar-refractivity contribution is 0.303. The van der Waals surface area contributed by atoms with E-state index in [1.807, 2.05) is 32.2 Å². The van der Waals surface area contributed by atoms with Crippen molar-refractivity contribution in [3.8, 4) is 6.07 Å². The van der Waals surface area contributed by atoms with E-state index in [0.717, 1.165) is 13.1 Å². The zero-order valence-corrected chi connectivity index (χ0v) is 8.77. The van der Waals surface area contributed by atoms with Crippen LogP contribution in [0, 0.1) is 17.2 Å². The van der Waals surface area contributed by atoms with Crippen molar-refractivity contribution in [3.05, 3.63) is 35.9 Å². The molecule has 1 rings (SSSR count). The number of hydrogen-bond acceptors (Lipinski definition) is 2. The number of benzene rings is 1. The Morgan fingerprint density at radius 2 is 2.00 bits per heavy atom. The predicted octanol–water partition coefficient (Wildman–Crippen LogP) is 2.28. The fourth-order valence-electron chi connectivity index (χ4n) is 1.47. The van der Waals surface area contributed by atoms with Gasteiger partial charge in [0.25, 0.3) is 0 Å². The smallest absolute Gasteiger partial charge is 0.0666 e. The van der Waals surface area contributed by atoms with Crippen molar-refractivity contribution in [1.29, 1.82) is 5.26 Å². The molecule has 1 aromatic carbocycles. The molecule has 1 atom stereocenters. The molecule has 1 unspecified atom stereocenters. The van der Waals surface area contributed by atoms with Crippen molar-refractivity contribution in [2.45, 2.75) is 13.5 Å². The van der Waals surface area contributed by atoms with Crippen molar-refractivity contribution < 1.29 is 0 Å². The fraction of sp³-hybridized carbons (Fsp3) is 0.417. The molecule has 0 radical (unpaired) electrons. The summed E-state index contributed by atoms with van der Waals surface area (Å²) in [5, 5.41) is 8.67. The van der Waals surface area contributed by atoms with Gasteiger partial charge in [0, 0.05) is 13.1 Å². The molecule has 0 aromatic heterocycles. The van der Waals surface area contributed by atoms with Crippen molar-refractivity contribution in [2.75, 3.05) is 13.6 Å². The van der Waals surface area contributed by atoms with E-state index < -0.39 is 0 Å². The molecule has 14 heavy (non-hydrogen) atoms. The van der Waals surface area contributed by atoms with Crippen LogP contribution < -0.4 is 0 Å². The maximum absolute atomic E-state index is 8.67. The summed E-state index contributed by atoms with van der Waals surface area (Å²) in [4.78, 5) is 2.17. The second kappa shape index (κ2) is 5.41. The van der Waals surface area contributed by atoms with Crippen LogP contribution in [0.15, 0.2) is 30.3 Å². The van der Waals surface area contributed by atoms with E-state index in [1.165, 1.54) is 5.56 Å². The highest BCUT2D eigenvalue weighted by molar-refractivity contribution is 5.14. The van der Waals surface area contributed by atoms with Gasteiger partial charge in [0.2, 0.25) is 0 Å².